The summed E-state index contributed by atoms with van der Waals surface area (Å²) in [6.45, 7) is 1.66. The highest BCUT2D eigenvalue weighted by atomic mass is 32.3. The maximum atomic E-state index is 12.2. The maximum Gasteiger partial charge on any atom is 0.349 e. The van der Waals surface area contributed by atoms with Gasteiger partial charge in [0.15, 0.2) is 5.03 Å². The van der Waals surface area contributed by atoms with Gasteiger partial charge < -0.3 is 0 Å². The quantitative estimate of drug-likeness (QED) is 0.599. The van der Waals surface area contributed by atoms with Crippen LogP contribution in [0.15, 0.2) is 23.4 Å². The van der Waals surface area contributed by atoms with Crippen LogP contribution in [0.3, 0.4) is 0 Å². The van der Waals surface area contributed by atoms with Gasteiger partial charge >= 0.3 is 10.2 Å². The van der Waals surface area contributed by atoms with Crippen LogP contribution in [0.4, 0.5) is 3.89 Å². The lowest BCUT2D eigenvalue weighted by Gasteiger charge is -1.93. The summed E-state index contributed by atoms with van der Waals surface area (Å²) in [5, 5.41) is -0.530. The fourth-order valence-electron chi connectivity index (χ4n) is 0.642. The number of hydrogen-bond donors (Lipinski definition) is 0. The second kappa shape index (κ2) is 2.58. The third kappa shape index (κ3) is 1.98. The standard InChI is InChI=1S/C6H6FNO2S/c1-5-2-3-8-6(4-5)11(7,9)10/h2-4H,1H3. The van der Waals surface area contributed by atoms with Gasteiger partial charge in [0, 0.05) is 6.20 Å². The van der Waals surface area contributed by atoms with Crippen LogP contribution in [0.1, 0.15) is 5.56 Å². The van der Waals surface area contributed by atoms with Crippen molar-refractivity contribution in [3.63, 3.8) is 0 Å². The molecule has 1 aromatic rings. The van der Waals surface area contributed by atoms with Crippen molar-refractivity contribution in [3.05, 3.63) is 23.9 Å². The third-order valence-corrected chi connectivity index (χ3v) is 1.86. The Balaban J connectivity index is 3.28. The molecule has 0 aliphatic rings. The second-order valence-corrected chi connectivity index (χ2v) is 3.40. The molecule has 0 N–H and O–H groups in total. The summed E-state index contributed by atoms with van der Waals surface area (Å²) in [4.78, 5) is 3.35. The van der Waals surface area contributed by atoms with Crippen LogP contribution in [-0.4, -0.2) is 13.4 Å². The van der Waals surface area contributed by atoms with E-state index < -0.39 is 15.2 Å². The molecule has 1 aromatic heterocycles. The Hall–Kier alpha value is -0.970. The summed E-state index contributed by atoms with van der Waals surface area (Å²) < 4.78 is 32.7. The van der Waals surface area contributed by atoms with E-state index in [1.54, 1.807) is 13.0 Å². The Bertz CT molecular complexity index is 361. The van der Waals surface area contributed by atoms with Crippen molar-refractivity contribution in [2.24, 2.45) is 0 Å². The highest BCUT2D eigenvalue weighted by molar-refractivity contribution is 7.86. The summed E-state index contributed by atoms with van der Waals surface area (Å²) in [5.41, 5.74) is 0.663. The van der Waals surface area contributed by atoms with Crippen molar-refractivity contribution in [1.82, 2.24) is 4.98 Å². The lowest BCUT2D eigenvalue weighted by molar-refractivity contribution is 0.547. The molecule has 0 radical (unpaired) electrons. The molecule has 0 unspecified atom stereocenters. The molecular formula is C6H6FNO2S. The molecule has 0 bridgehead atoms. The molecule has 0 aliphatic heterocycles. The van der Waals surface area contributed by atoms with Gasteiger partial charge in [-0.3, -0.25) is 0 Å². The second-order valence-electron chi connectivity index (χ2n) is 2.11. The topological polar surface area (TPSA) is 47.0 Å². The number of halogens is 1. The number of aromatic nitrogens is 1. The third-order valence-electron chi connectivity index (χ3n) is 1.14. The van der Waals surface area contributed by atoms with E-state index in [4.69, 9.17) is 0 Å². The molecule has 60 valence electrons. The predicted octanol–water partition coefficient (Wildman–Crippen LogP) is 1.05. The molecule has 0 aromatic carbocycles. The molecule has 0 spiro atoms. The van der Waals surface area contributed by atoms with Crippen molar-refractivity contribution in [2.45, 2.75) is 11.9 Å². The first-order valence-electron chi connectivity index (χ1n) is 2.87. The fraction of sp³-hybridized carbons (Fsp3) is 0.167. The van der Waals surface area contributed by atoms with Crippen LogP contribution < -0.4 is 0 Å². The zero-order valence-corrected chi connectivity index (χ0v) is 6.60. The smallest absolute Gasteiger partial charge is 0.242 e. The molecule has 0 atom stereocenters. The van der Waals surface area contributed by atoms with Crippen LogP contribution in [0.25, 0.3) is 0 Å². The Morgan fingerprint density at radius 1 is 1.55 bits per heavy atom. The Kier molecular flexibility index (Phi) is 1.90. The number of aryl methyl sites for hydroxylation is 1. The molecule has 1 rings (SSSR count). The lowest BCUT2D eigenvalue weighted by atomic mass is 10.3. The van der Waals surface area contributed by atoms with Crippen molar-refractivity contribution < 1.29 is 12.3 Å². The first-order chi connectivity index (χ1) is 5.00. The highest BCUT2D eigenvalue weighted by Crippen LogP contribution is 2.09. The van der Waals surface area contributed by atoms with Gasteiger partial charge in [-0.15, -0.1) is 0 Å². The minimum atomic E-state index is -4.64. The average Bonchev–Trinajstić information content (AvgIpc) is 1.86. The predicted molar refractivity (Wildman–Crippen MR) is 37.3 cm³/mol. The SMILES string of the molecule is Cc1ccnc(S(=O)(=O)F)c1. The van der Waals surface area contributed by atoms with Gasteiger partial charge in [-0.1, -0.05) is 3.89 Å². The van der Waals surface area contributed by atoms with Gasteiger partial charge in [-0.2, -0.15) is 8.42 Å². The minimum absolute atomic E-state index is 0.530. The summed E-state index contributed by atoms with van der Waals surface area (Å²) >= 11 is 0. The summed E-state index contributed by atoms with van der Waals surface area (Å²) in [6.07, 6.45) is 1.25. The van der Waals surface area contributed by atoms with Crippen molar-refractivity contribution in [3.8, 4) is 0 Å². The molecule has 0 aliphatic carbocycles. The van der Waals surface area contributed by atoms with Crippen LogP contribution >= 0.6 is 0 Å². The summed E-state index contributed by atoms with van der Waals surface area (Å²) in [7, 11) is -4.64. The van der Waals surface area contributed by atoms with E-state index in [1.807, 2.05) is 0 Å². The van der Waals surface area contributed by atoms with Gasteiger partial charge in [0.2, 0.25) is 0 Å². The van der Waals surface area contributed by atoms with Crippen LogP contribution in [-0.2, 0) is 10.2 Å². The normalized spacial score (nSPS) is 11.5. The van der Waals surface area contributed by atoms with Crippen molar-refractivity contribution in [2.75, 3.05) is 0 Å². The molecule has 0 saturated heterocycles. The summed E-state index contributed by atoms with van der Waals surface area (Å²) in [5.74, 6) is 0. The van der Waals surface area contributed by atoms with E-state index in [0.29, 0.717) is 5.56 Å². The van der Waals surface area contributed by atoms with E-state index in [9.17, 15) is 12.3 Å². The van der Waals surface area contributed by atoms with Gasteiger partial charge in [0.25, 0.3) is 0 Å². The fourth-order valence-corrected chi connectivity index (χ4v) is 1.16. The Morgan fingerprint density at radius 2 is 2.18 bits per heavy atom. The van der Waals surface area contributed by atoms with E-state index in [2.05, 4.69) is 4.98 Å². The van der Waals surface area contributed by atoms with Crippen molar-refractivity contribution >= 4 is 10.2 Å². The number of pyridine rings is 1. The van der Waals surface area contributed by atoms with Crippen LogP contribution in [0.2, 0.25) is 0 Å². The van der Waals surface area contributed by atoms with E-state index in [1.165, 1.54) is 12.3 Å². The number of hydrogen-bond acceptors (Lipinski definition) is 3. The molecule has 5 heteroatoms. The Morgan fingerprint density at radius 3 is 2.55 bits per heavy atom. The molecular weight excluding hydrogens is 169 g/mol. The van der Waals surface area contributed by atoms with Crippen molar-refractivity contribution in [1.29, 1.82) is 0 Å². The zero-order valence-electron chi connectivity index (χ0n) is 5.78. The molecule has 0 saturated carbocycles. The minimum Gasteiger partial charge on any atom is -0.242 e. The molecule has 0 amide bonds. The summed E-state index contributed by atoms with van der Waals surface area (Å²) in [6, 6.07) is 2.77. The number of nitrogens with zero attached hydrogens (tertiary/aromatic N) is 1. The Labute approximate surface area is 64.1 Å². The van der Waals surface area contributed by atoms with E-state index >= 15 is 0 Å². The van der Waals surface area contributed by atoms with E-state index in [-0.39, 0.29) is 0 Å². The average molecular weight is 175 g/mol. The molecule has 1 heterocycles. The van der Waals surface area contributed by atoms with Gasteiger partial charge in [0.05, 0.1) is 0 Å². The highest BCUT2D eigenvalue weighted by Gasteiger charge is 2.12. The van der Waals surface area contributed by atoms with Gasteiger partial charge in [-0.25, -0.2) is 4.98 Å². The zero-order chi connectivity index (χ0) is 8.48. The van der Waals surface area contributed by atoms with Crippen LogP contribution in [0.5, 0.6) is 0 Å². The lowest BCUT2D eigenvalue weighted by Crippen LogP contribution is -1.95. The van der Waals surface area contributed by atoms with E-state index in [0.717, 1.165) is 0 Å². The van der Waals surface area contributed by atoms with Crippen LogP contribution in [0, 0.1) is 6.92 Å². The monoisotopic (exact) mass is 175 g/mol. The number of rotatable bonds is 1. The first-order valence-corrected chi connectivity index (χ1v) is 4.26. The van der Waals surface area contributed by atoms with Gasteiger partial charge in [-0.05, 0) is 24.6 Å². The largest absolute Gasteiger partial charge is 0.349 e. The first kappa shape index (κ1) is 8.13. The maximum absolute atomic E-state index is 12.2. The molecule has 11 heavy (non-hydrogen) atoms. The molecule has 3 nitrogen and oxygen atoms in total. The van der Waals surface area contributed by atoms with Gasteiger partial charge in [0.1, 0.15) is 0 Å². The molecule has 0 fully saturated rings.